The molecule has 172 valence electrons. The van der Waals surface area contributed by atoms with Gasteiger partial charge in [0.2, 0.25) is 0 Å². The Kier molecular flexibility index (Phi) is 7.48. The zero-order valence-electron chi connectivity index (χ0n) is 19.9. The maximum absolute atomic E-state index is 12.8. The van der Waals surface area contributed by atoms with Crippen LogP contribution in [0.2, 0.25) is 0 Å². The highest BCUT2D eigenvalue weighted by atomic mass is 16.1. The summed E-state index contributed by atoms with van der Waals surface area (Å²) in [5.74, 6) is 0.0542. The van der Waals surface area contributed by atoms with E-state index >= 15 is 0 Å². The minimum absolute atomic E-state index is 0.0542. The monoisotopic (exact) mass is 434 g/mol. The molecular formula is C27H38N4O. The van der Waals surface area contributed by atoms with Crippen molar-refractivity contribution >= 4 is 11.6 Å². The molecule has 0 spiro atoms. The zero-order valence-corrected chi connectivity index (χ0v) is 19.9. The van der Waals surface area contributed by atoms with Crippen molar-refractivity contribution in [3.8, 4) is 0 Å². The fourth-order valence-corrected chi connectivity index (χ4v) is 4.85. The highest BCUT2D eigenvalue weighted by Crippen LogP contribution is 2.20. The van der Waals surface area contributed by atoms with Crippen LogP contribution in [-0.4, -0.2) is 67.1 Å². The normalized spacial score (nSPS) is 18.8. The molecule has 0 radical (unpaired) electrons. The number of carbonyl (C=O) groups is 1. The highest BCUT2D eigenvalue weighted by molar-refractivity contribution is 5.94. The Bertz CT molecular complexity index is 879. The van der Waals surface area contributed by atoms with Crippen molar-refractivity contribution in [3.05, 3.63) is 65.2 Å². The summed E-state index contributed by atoms with van der Waals surface area (Å²) in [5.41, 5.74) is 4.74. The van der Waals surface area contributed by atoms with Crippen LogP contribution in [0.15, 0.2) is 48.5 Å². The van der Waals surface area contributed by atoms with Gasteiger partial charge in [-0.05, 0) is 69.0 Å². The molecule has 0 aliphatic carbocycles. The molecule has 0 bridgehead atoms. The molecule has 4 rings (SSSR count). The summed E-state index contributed by atoms with van der Waals surface area (Å²) in [6.07, 6.45) is 2.02. The van der Waals surface area contributed by atoms with Crippen LogP contribution in [0.1, 0.15) is 48.2 Å². The molecule has 0 unspecified atom stereocenters. The largest absolute Gasteiger partial charge is 0.369 e. The molecule has 2 heterocycles. The molecule has 2 saturated heterocycles. The number of likely N-dealkylation sites (tertiary alicyclic amines) is 1. The molecule has 0 saturated carbocycles. The number of hydrogen-bond donors (Lipinski definition) is 1. The van der Waals surface area contributed by atoms with Crippen molar-refractivity contribution in [1.29, 1.82) is 0 Å². The van der Waals surface area contributed by atoms with E-state index < -0.39 is 0 Å². The first-order valence-corrected chi connectivity index (χ1v) is 12.2. The fraction of sp³-hybridized carbons (Fsp3) is 0.519. The topological polar surface area (TPSA) is 38.8 Å². The fourth-order valence-electron chi connectivity index (χ4n) is 4.85. The number of aryl methyl sites for hydroxylation is 1. The van der Waals surface area contributed by atoms with Crippen LogP contribution < -0.4 is 10.2 Å². The van der Waals surface area contributed by atoms with Gasteiger partial charge in [0, 0.05) is 69.1 Å². The van der Waals surface area contributed by atoms with Gasteiger partial charge in [0.15, 0.2) is 0 Å². The number of carbonyl (C=O) groups excluding carboxylic acids is 1. The first-order valence-electron chi connectivity index (χ1n) is 12.2. The molecule has 5 nitrogen and oxygen atoms in total. The van der Waals surface area contributed by atoms with Crippen molar-refractivity contribution in [1.82, 2.24) is 15.1 Å². The average Bonchev–Trinajstić information content (AvgIpc) is 2.82. The van der Waals surface area contributed by atoms with E-state index in [0.29, 0.717) is 6.04 Å². The van der Waals surface area contributed by atoms with Gasteiger partial charge in [-0.3, -0.25) is 14.6 Å². The summed E-state index contributed by atoms with van der Waals surface area (Å²) in [5, 5.41) is 3.26. The van der Waals surface area contributed by atoms with Crippen LogP contribution in [0.25, 0.3) is 0 Å². The van der Waals surface area contributed by atoms with Crippen molar-refractivity contribution < 1.29 is 4.79 Å². The molecular weight excluding hydrogens is 396 g/mol. The lowest BCUT2D eigenvalue weighted by molar-refractivity contribution is 0.0909. The van der Waals surface area contributed by atoms with Gasteiger partial charge < -0.3 is 10.2 Å². The van der Waals surface area contributed by atoms with E-state index in [0.717, 1.165) is 64.2 Å². The molecule has 0 atom stereocenters. The van der Waals surface area contributed by atoms with E-state index in [4.69, 9.17) is 0 Å². The minimum atomic E-state index is 0.0542. The number of nitrogens with zero attached hydrogens (tertiary/aromatic N) is 3. The third-order valence-electron chi connectivity index (χ3n) is 7.12. The summed E-state index contributed by atoms with van der Waals surface area (Å²) in [7, 11) is 0. The predicted molar refractivity (Wildman–Crippen MR) is 132 cm³/mol. The van der Waals surface area contributed by atoms with Crippen LogP contribution in [0.5, 0.6) is 0 Å². The summed E-state index contributed by atoms with van der Waals surface area (Å²) < 4.78 is 0. The van der Waals surface area contributed by atoms with Gasteiger partial charge in [-0.1, -0.05) is 24.3 Å². The van der Waals surface area contributed by atoms with Crippen molar-refractivity contribution in [2.75, 3.05) is 44.2 Å². The molecule has 1 amide bonds. The predicted octanol–water partition coefficient (Wildman–Crippen LogP) is 3.92. The molecule has 2 aromatic rings. The third-order valence-corrected chi connectivity index (χ3v) is 7.12. The lowest BCUT2D eigenvalue weighted by atomic mass is 10.0. The second-order valence-corrected chi connectivity index (χ2v) is 9.61. The molecule has 2 aromatic carbocycles. The summed E-state index contributed by atoms with van der Waals surface area (Å²) >= 11 is 0. The van der Waals surface area contributed by atoms with Gasteiger partial charge in [-0.2, -0.15) is 0 Å². The van der Waals surface area contributed by atoms with E-state index in [1.54, 1.807) is 0 Å². The molecule has 2 aliphatic heterocycles. The molecule has 0 aromatic heterocycles. The number of piperazine rings is 1. The Morgan fingerprint density at radius 1 is 0.938 bits per heavy atom. The second kappa shape index (κ2) is 10.5. The standard InChI is InChI=1S/C27H38N4O/c1-21(2)30-16-18-31(19-17-30)26-10-8-23(9-11-26)27(32)28-25-12-14-29(15-13-25)20-24-7-5-4-6-22(24)3/h4-11,21,25H,12-20H2,1-3H3,(H,28,32). The van der Waals surface area contributed by atoms with E-state index in [9.17, 15) is 4.79 Å². The van der Waals surface area contributed by atoms with E-state index in [-0.39, 0.29) is 11.9 Å². The van der Waals surface area contributed by atoms with Gasteiger partial charge in [0.05, 0.1) is 0 Å². The lowest BCUT2D eigenvalue weighted by Crippen LogP contribution is -2.48. The van der Waals surface area contributed by atoms with Crippen molar-refractivity contribution in [2.45, 2.75) is 52.2 Å². The molecule has 2 aliphatic rings. The third kappa shape index (κ3) is 5.70. The number of rotatable bonds is 6. The Labute approximate surface area is 193 Å². The van der Waals surface area contributed by atoms with Crippen LogP contribution in [0, 0.1) is 6.92 Å². The molecule has 1 N–H and O–H groups in total. The molecule has 5 heteroatoms. The van der Waals surface area contributed by atoms with Crippen LogP contribution in [-0.2, 0) is 6.54 Å². The summed E-state index contributed by atoms with van der Waals surface area (Å²) in [6, 6.07) is 17.6. The maximum Gasteiger partial charge on any atom is 0.251 e. The first-order chi connectivity index (χ1) is 15.5. The summed E-state index contributed by atoms with van der Waals surface area (Å²) in [6.45, 7) is 14.1. The zero-order chi connectivity index (χ0) is 22.5. The smallest absolute Gasteiger partial charge is 0.251 e. The van der Waals surface area contributed by atoms with E-state index in [1.807, 2.05) is 12.1 Å². The number of anilines is 1. The van der Waals surface area contributed by atoms with Gasteiger partial charge in [0.25, 0.3) is 5.91 Å². The number of benzene rings is 2. The number of amides is 1. The Hall–Kier alpha value is -2.37. The van der Waals surface area contributed by atoms with E-state index in [1.165, 1.54) is 16.8 Å². The van der Waals surface area contributed by atoms with E-state index in [2.05, 4.69) is 77.2 Å². The van der Waals surface area contributed by atoms with Gasteiger partial charge in [-0.25, -0.2) is 0 Å². The maximum atomic E-state index is 12.8. The quantitative estimate of drug-likeness (QED) is 0.748. The lowest BCUT2D eigenvalue weighted by Gasteiger charge is -2.38. The van der Waals surface area contributed by atoms with Crippen molar-refractivity contribution in [2.24, 2.45) is 0 Å². The van der Waals surface area contributed by atoms with Crippen LogP contribution >= 0.6 is 0 Å². The highest BCUT2D eigenvalue weighted by Gasteiger charge is 2.22. The number of nitrogens with one attached hydrogen (secondary N) is 1. The molecule has 2 fully saturated rings. The molecule has 32 heavy (non-hydrogen) atoms. The first kappa shape index (κ1) is 22.8. The number of piperidine rings is 1. The Morgan fingerprint density at radius 3 is 2.22 bits per heavy atom. The Balaban J connectivity index is 1.24. The van der Waals surface area contributed by atoms with Crippen LogP contribution in [0.4, 0.5) is 5.69 Å². The average molecular weight is 435 g/mol. The van der Waals surface area contributed by atoms with Gasteiger partial charge >= 0.3 is 0 Å². The second-order valence-electron chi connectivity index (χ2n) is 9.61. The summed E-state index contributed by atoms with van der Waals surface area (Å²) in [4.78, 5) is 20.2. The Morgan fingerprint density at radius 2 is 1.59 bits per heavy atom. The van der Waals surface area contributed by atoms with Crippen LogP contribution in [0.3, 0.4) is 0 Å². The van der Waals surface area contributed by atoms with Gasteiger partial charge in [-0.15, -0.1) is 0 Å². The van der Waals surface area contributed by atoms with Gasteiger partial charge in [0.1, 0.15) is 0 Å². The van der Waals surface area contributed by atoms with Crippen molar-refractivity contribution in [3.63, 3.8) is 0 Å². The minimum Gasteiger partial charge on any atom is -0.369 e. The number of hydrogen-bond acceptors (Lipinski definition) is 4. The SMILES string of the molecule is Cc1ccccc1CN1CCC(NC(=O)c2ccc(N3CCN(C(C)C)CC3)cc2)CC1.